The van der Waals surface area contributed by atoms with Crippen LogP contribution in [0.4, 0.5) is 20.2 Å². The molecule has 0 aromatic heterocycles. The zero-order valence-corrected chi connectivity index (χ0v) is 20.6. The third-order valence-corrected chi connectivity index (χ3v) is 7.40. The van der Waals surface area contributed by atoms with Crippen LogP contribution < -0.4 is 15.5 Å². The van der Waals surface area contributed by atoms with Gasteiger partial charge in [-0.1, -0.05) is 6.42 Å². The monoisotopic (exact) mass is 511 g/mol. The van der Waals surface area contributed by atoms with E-state index in [0.717, 1.165) is 56.2 Å². The molecule has 0 spiro atoms. The Morgan fingerprint density at radius 3 is 2.03 bits per heavy atom. The molecule has 2 aliphatic heterocycles. The maximum absolute atomic E-state index is 13.6. The van der Waals surface area contributed by atoms with Gasteiger partial charge in [0.25, 0.3) is 11.8 Å². The van der Waals surface area contributed by atoms with E-state index in [1.54, 1.807) is 17.0 Å². The lowest BCUT2D eigenvalue weighted by Crippen LogP contribution is -2.49. The number of carbonyl (C=O) groups is 3. The average molecular weight is 512 g/mol. The Labute approximate surface area is 214 Å². The first-order valence-electron chi connectivity index (χ1n) is 12.8. The molecule has 10 heteroatoms. The highest BCUT2D eigenvalue weighted by atomic mass is 19.1. The van der Waals surface area contributed by atoms with Crippen molar-refractivity contribution in [2.75, 3.05) is 62.6 Å². The summed E-state index contributed by atoms with van der Waals surface area (Å²) >= 11 is 0. The van der Waals surface area contributed by atoms with Gasteiger partial charge in [0.2, 0.25) is 5.91 Å². The van der Waals surface area contributed by atoms with Crippen LogP contribution in [-0.2, 0) is 4.79 Å². The summed E-state index contributed by atoms with van der Waals surface area (Å²) in [5.41, 5.74) is 1.88. The maximum Gasteiger partial charge on any atom is 0.254 e. The van der Waals surface area contributed by atoms with E-state index in [4.69, 9.17) is 0 Å². The van der Waals surface area contributed by atoms with Crippen molar-refractivity contribution >= 4 is 29.1 Å². The zero-order valence-electron chi connectivity index (χ0n) is 20.6. The summed E-state index contributed by atoms with van der Waals surface area (Å²) in [4.78, 5) is 44.2. The highest BCUT2D eigenvalue weighted by molar-refractivity contribution is 6.01. The summed E-state index contributed by atoms with van der Waals surface area (Å²) in [5, 5.41) is 6.29. The van der Waals surface area contributed by atoms with Crippen LogP contribution in [-0.4, -0.2) is 79.9 Å². The molecule has 0 atom stereocenters. The van der Waals surface area contributed by atoms with Gasteiger partial charge in [0.15, 0.2) is 0 Å². The van der Waals surface area contributed by atoms with E-state index in [-0.39, 0.29) is 23.3 Å². The van der Waals surface area contributed by atoms with Gasteiger partial charge >= 0.3 is 0 Å². The van der Waals surface area contributed by atoms with Crippen LogP contribution in [0.15, 0.2) is 36.4 Å². The molecule has 8 nitrogen and oxygen atoms in total. The lowest BCUT2D eigenvalue weighted by atomic mass is 9.85. The van der Waals surface area contributed by atoms with Crippen molar-refractivity contribution < 1.29 is 23.2 Å². The van der Waals surface area contributed by atoms with Crippen LogP contribution in [0.5, 0.6) is 0 Å². The molecule has 3 fully saturated rings. The van der Waals surface area contributed by atoms with Gasteiger partial charge in [-0.05, 0) is 43.2 Å². The van der Waals surface area contributed by atoms with Gasteiger partial charge < -0.3 is 25.3 Å². The van der Waals surface area contributed by atoms with Crippen LogP contribution in [0.25, 0.3) is 0 Å². The van der Waals surface area contributed by atoms with Crippen LogP contribution in [0, 0.1) is 17.6 Å². The molecule has 2 aromatic rings. The van der Waals surface area contributed by atoms with E-state index in [0.29, 0.717) is 50.5 Å². The van der Waals surface area contributed by atoms with E-state index in [1.807, 2.05) is 11.0 Å². The van der Waals surface area contributed by atoms with Crippen LogP contribution in [0.3, 0.4) is 0 Å². The normalized spacial score (nSPS) is 18.4. The first kappa shape index (κ1) is 25.1. The molecule has 2 aromatic carbocycles. The van der Waals surface area contributed by atoms with Gasteiger partial charge in [0.1, 0.15) is 11.6 Å². The fraction of sp³-hybridized carbons (Fsp3) is 0.444. The van der Waals surface area contributed by atoms with E-state index in [9.17, 15) is 23.2 Å². The third-order valence-electron chi connectivity index (χ3n) is 7.40. The number of hydrogen-bond donors (Lipinski definition) is 2. The number of carbonyl (C=O) groups excluding carboxylic acids is 3. The molecule has 1 saturated carbocycles. The predicted octanol–water partition coefficient (Wildman–Crippen LogP) is 2.71. The molecular weight excluding hydrogens is 480 g/mol. The Morgan fingerprint density at radius 1 is 0.784 bits per heavy atom. The average Bonchev–Trinajstić information content (AvgIpc) is 2.87. The molecule has 3 amide bonds. The number of piperazine rings is 2. The predicted molar refractivity (Wildman–Crippen MR) is 136 cm³/mol. The fourth-order valence-corrected chi connectivity index (χ4v) is 5.01. The van der Waals surface area contributed by atoms with Crippen molar-refractivity contribution in [1.29, 1.82) is 0 Å². The summed E-state index contributed by atoms with van der Waals surface area (Å²) in [6.45, 7) is 4.43. The van der Waals surface area contributed by atoms with Gasteiger partial charge in [0, 0.05) is 75.5 Å². The highest BCUT2D eigenvalue weighted by Gasteiger charge is 2.29. The van der Waals surface area contributed by atoms with Gasteiger partial charge in [0.05, 0.1) is 11.4 Å². The molecule has 196 valence electrons. The first-order chi connectivity index (χ1) is 17.9. The SMILES string of the molecule is O=C(Nc1cc(C(=O)N2CCNCC2)ccc1N1CCN(C(=O)c2cc(F)cc(F)c2)CC1)C1CCC1. The number of rotatable bonds is 5. The largest absolute Gasteiger partial charge is 0.366 e. The van der Waals surface area contributed by atoms with E-state index in [2.05, 4.69) is 15.5 Å². The minimum Gasteiger partial charge on any atom is -0.366 e. The summed E-state index contributed by atoms with van der Waals surface area (Å²) in [5.74, 6) is -2.12. The lowest BCUT2D eigenvalue weighted by Gasteiger charge is -2.37. The van der Waals surface area contributed by atoms with Crippen LogP contribution >= 0.6 is 0 Å². The summed E-state index contributed by atoms with van der Waals surface area (Å²) in [6.07, 6.45) is 2.77. The number of amides is 3. The van der Waals surface area contributed by atoms with Crippen molar-refractivity contribution in [3.05, 3.63) is 59.2 Å². The quantitative estimate of drug-likeness (QED) is 0.645. The minimum atomic E-state index is -0.788. The Balaban J connectivity index is 1.32. The first-order valence-corrected chi connectivity index (χ1v) is 12.8. The molecule has 0 bridgehead atoms. The standard InChI is InChI=1S/C27H31F2N5O3/c28-21-14-20(15-22(29)17-21)27(37)34-12-10-32(11-13-34)24-5-4-19(26(36)33-8-6-30-7-9-33)16-23(24)31-25(35)18-2-1-3-18/h4-5,14-18,30H,1-3,6-13H2,(H,31,35). The zero-order chi connectivity index (χ0) is 25.9. The Kier molecular flexibility index (Phi) is 7.36. The topological polar surface area (TPSA) is 85.0 Å². The van der Waals surface area contributed by atoms with Crippen LogP contribution in [0.2, 0.25) is 0 Å². The van der Waals surface area contributed by atoms with Crippen molar-refractivity contribution in [3.8, 4) is 0 Å². The minimum absolute atomic E-state index is 0.0125. The highest BCUT2D eigenvalue weighted by Crippen LogP contribution is 2.32. The van der Waals surface area contributed by atoms with Gasteiger partial charge in [-0.15, -0.1) is 0 Å². The lowest BCUT2D eigenvalue weighted by molar-refractivity contribution is -0.122. The molecule has 5 rings (SSSR count). The van der Waals surface area contributed by atoms with Crippen molar-refractivity contribution in [2.45, 2.75) is 19.3 Å². The van der Waals surface area contributed by atoms with Gasteiger partial charge in [-0.3, -0.25) is 14.4 Å². The molecule has 2 N–H and O–H groups in total. The molecule has 0 unspecified atom stereocenters. The number of halogens is 2. The Hall–Kier alpha value is -3.53. The molecule has 2 saturated heterocycles. The number of hydrogen-bond acceptors (Lipinski definition) is 5. The van der Waals surface area contributed by atoms with Crippen molar-refractivity contribution in [2.24, 2.45) is 5.92 Å². The number of anilines is 2. The van der Waals surface area contributed by atoms with E-state index in [1.165, 1.54) is 0 Å². The summed E-state index contributed by atoms with van der Waals surface area (Å²) < 4.78 is 27.2. The van der Waals surface area contributed by atoms with Gasteiger partial charge in [-0.25, -0.2) is 8.78 Å². The second-order valence-corrected chi connectivity index (χ2v) is 9.83. The molecular formula is C27H31F2N5O3. The third kappa shape index (κ3) is 5.58. The molecule has 3 aliphatic rings. The fourth-order valence-electron chi connectivity index (χ4n) is 5.01. The van der Waals surface area contributed by atoms with Gasteiger partial charge in [-0.2, -0.15) is 0 Å². The molecule has 0 radical (unpaired) electrons. The van der Waals surface area contributed by atoms with Crippen molar-refractivity contribution in [1.82, 2.24) is 15.1 Å². The number of nitrogens with one attached hydrogen (secondary N) is 2. The summed E-state index contributed by atoms with van der Waals surface area (Å²) in [6, 6.07) is 8.21. The van der Waals surface area contributed by atoms with E-state index >= 15 is 0 Å². The molecule has 1 aliphatic carbocycles. The smallest absolute Gasteiger partial charge is 0.254 e. The van der Waals surface area contributed by atoms with Crippen LogP contribution in [0.1, 0.15) is 40.0 Å². The number of nitrogens with zero attached hydrogens (tertiary/aromatic N) is 3. The maximum atomic E-state index is 13.6. The van der Waals surface area contributed by atoms with Crippen molar-refractivity contribution in [3.63, 3.8) is 0 Å². The second kappa shape index (κ2) is 10.8. The summed E-state index contributed by atoms with van der Waals surface area (Å²) in [7, 11) is 0. The Morgan fingerprint density at radius 2 is 1.41 bits per heavy atom. The number of benzene rings is 2. The molecule has 37 heavy (non-hydrogen) atoms. The Bertz CT molecular complexity index is 1170. The molecule has 2 heterocycles. The second-order valence-electron chi connectivity index (χ2n) is 9.83. The van der Waals surface area contributed by atoms with E-state index < -0.39 is 17.5 Å².